The third kappa shape index (κ3) is 2.22. The van der Waals surface area contributed by atoms with Crippen LogP contribution in [0.25, 0.3) is 16.6 Å². The number of anilines is 1. The molecule has 3 heterocycles. The number of pyridine rings is 1. The summed E-state index contributed by atoms with van der Waals surface area (Å²) in [4.78, 5) is 4.29. The van der Waals surface area contributed by atoms with Gasteiger partial charge in [-0.05, 0) is 36.2 Å². The highest BCUT2D eigenvalue weighted by Gasteiger charge is 2.08. The molecule has 2 N–H and O–H groups in total. The molecule has 0 atom stereocenters. The number of H-pyrrole nitrogens is 1. The molecule has 0 amide bonds. The van der Waals surface area contributed by atoms with E-state index in [0.717, 1.165) is 26.5 Å². The van der Waals surface area contributed by atoms with E-state index < -0.39 is 0 Å². The van der Waals surface area contributed by atoms with Crippen LogP contribution in [0.15, 0.2) is 53.7 Å². The van der Waals surface area contributed by atoms with Crippen molar-refractivity contribution in [3.8, 4) is 0 Å². The van der Waals surface area contributed by atoms with Crippen molar-refractivity contribution < 1.29 is 0 Å². The molecule has 0 unspecified atom stereocenters. The van der Waals surface area contributed by atoms with Gasteiger partial charge in [0.25, 0.3) is 0 Å². The maximum Gasteiger partial charge on any atom is 0.239 e. The standard InChI is InChI=1S/C14H10ClN5S/c15-9-4-5-10-11(7-9)16-8-12(10)21-19-14-18-17-13-3-1-2-6-20(13)14/h1-8,16H,(H,18,19). The fourth-order valence-corrected chi connectivity index (χ4v) is 3.09. The number of nitrogens with one attached hydrogen (secondary N) is 2. The molecule has 7 heteroatoms. The third-order valence-corrected chi connectivity index (χ3v) is 4.25. The van der Waals surface area contributed by atoms with Crippen molar-refractivity contribution in [1.29, 1.82) is 0 Å². The summed E-state index contributed by atoms with van der Waals surface area (Å²) in [5.41, 5.74) is 1.82. The normalized spacial score (nSPS) is 11.3. The van der Waals surface area contributed by atoms with E-state index in [9.17, 15) is 0 Å². The van der Waals surface area contributed by atoms with Crippen LogP contribution in [0.3, 0.4) is 0 Å². The van der Waals surface area contributed by atoms with E-state index in [1.807, 2.05) is 53.2 Å². The number of benzene rings is 1. The van der Waals surface area contributed by atoms with Crippen LogP contribution in [0.4, 0.5) is 5.95 Å². The van der Waals surface area contributed by atoms with Gasteiger partial charge in [-0.25, -0.2) is 0 Å². The fraction of sp³-hybridized carbons (Fsp3) is 0. The Kier molecular flexibility index (Phi) is 2.98. The summed E-state index contributed by atoms with van der Waals surface area (Å²) in [6, 6.07) is 11.6. The number of fused-ring (bicyclic) bond motifs is 2. The Hall–Kier alpha value is -2.18. The first-order valence-electron chi connectivity index (χ1n) is 6.30. The van der Waals surface area contributed by atoms with Gasteiger partial charge in [0.2, 0.25) is 5.95 Å². The van der Waals surface area contributed by atoms with E-state index >= 15 is 0 Å². The minimum Gasteiger partial charge on any atom is -0.360 e. The van der Waals surface area contributed by atoms with Crippen LogP contribution < -0.4 is 4.72 Å². The quantitative estimate of drug-likeness (QED) is 0.561. The number of aromatic amines is 1. The van der Waals surface area contributed by atoms with Gasteiger partial charge >= 0.3 is 0 Å². The third-order valence-electron chi connectivity index (χ3n) is 3.17. The molecule has 21 heavy (non-hydrogen) atoms. The van der Waals surface area contributed by atoms with Gasteiger partial charge in [-0.2, -0.15) is 0 Å². The van der Waals surface area contributed by atoms with Crippen LogP contribution in [0.1, 0.15) is 0 Å². The lowest BCUT2D eigenvalue weighted by molar-refractivity contribution is 1.12. The van der Waals surface area contributed by atoms with Gasteiger partial charge in [0.1, 0.15) is 0 Å². The SMILES string of the molecule is Clc1ccc2c(SNc3nnc4ccccn34)c[nH]c2c1. The number of nitrogens with zero attached hydrogens (tertiary/aromatic N) is 3. The summed E-state index contributed by atoms with van der Waals surface area (Å²) in [5, 5.41) is 10.1. The molecular formula is C14H10ClN5S. The minimum absolute atomic E-state index is 0.693. The van der Waals surface area contributed by atoms with Crippen LogP contribution in [0.2, 0.25) is 5.02 Å². The molecule has 0 aliphatic rings. The zero-order valence-electron chi connectivity index (χ0n) is 10.7. The summed E-state index contributed by atoms with van der Waals surface area (Å²) in [6.45, 7) is 0. The predicted molar refractivity (Wildman–Crippen MR) is 85.8 cm³/mol. The van der Waals surface area contributed by atoms with E-state index in [1.165, 1.54) is 11.9 Å². The zero-order chi connectivity index (χ0) is 14.2. The Morgan fingerprint density at radius 3 is 3.10 bits per heavy atom. The van der Waals surface area contributed by atoms with E-state index in [-0.39, 0.29) is 0 Å². The molecule has 0 saturated carbocycles. The molecule has 0 radical (unpaired) electrons. The van der Waals surface area contributed by atoms with Gasteiger partial charge < -0.3 is 4.98 Å². The highest BCUT2D eigenvalue weighted by Crippen LogP contribution is 2.29. The molecule has 0 spiro atoms. The second kappa shape index (κ2) is 4.98. The van der Waals surface area contributed by atoms with Gasteiger partial charge in [0.05, 0.1) is 4.90 Å². The predicted octanol–water partition coefficient (Wildman–Crippen LogP) is 3.98. The number of halogens is 1. The molecule has 5 nitrogen and oxygen atoms in total. The Morgan fingerprint density at radius 2 is 2.14 bits per heavy atom. The van der Waals surface area contributed by atoms with Gasteiger partial charge in [0, 0.05) is 28.3 Å². The largest absolute Gasteiger partial charge is 0.360 e. The molecule has 1 aromatic carbocycles. The number of aromatic nitrogens is 4. The molecule has 4 rings (SSSR count). The van der Waals surface area contributed by atoms with Crippen molar-refractivity contribution in [2.75, 3.05) is 4.72 Å². The molecule has 0 fully saturated rings. The molecule has 0 aliphatic carbocycles. The molecule has 0 bridgehead atoms. The Morgan fingerprint density at radius 1 is 1.19 bits per heavy atom. The topological polar surface area (TPSA) is 58.0 Å². The average molecular weight is 316 g/mol. The van der Waals surface area contributed by atoms with E-state index in [2.05, 4.69) is 19.9 Å². The van der Waals surface area contributed by atoms with Crippen molar-refractivity contribution >= 4 is 46.0 Å². The van der Waals surface area contributed by atoms with Gasteiger partial charge in [-0.1, -0.05) is 23.7 Å². The molecule has 0 saturated heterocycles. The first-order chi connectivity index (χ1) is 10.3. The Balaban J connectivity index is 1.63. The molecule has 0 aliphatic heterocycles. The van der Waals surface area contributed by atoms with Crippen molar-refractivity contribution in [3.05, 3.63) is 53.8 Å². The first-order valence-corrected chi connectivity index (χ1v) is 7.50. The van der Waals surface area contributed by atoms with E-state index in [4.69, 9.17) is 11.6 Å². The number of hydrogen-bond donors (Lipinski definition) is 2. The Labute approximate surface area is 129 Å². The summed E-state index contributed by atoms with van der Waals surface area (Å²) >= 11 is 7.47. The van der Waals surface area contributed by atoms with Crippen molar-refractivity contribution in [3.63, 3.8) is 0 Å². The summed E-state index contributed by atoms with van der Waals surface area (Å²) in [5.74, 6) is 0.693. The molecule has 104 valence electrons. The van der Waals surface area contributed by atoms with Gasteiger partial charge in [-0.3, -0.25) is 9.12 Å². The molecule has 3 aromatic heterocycles. The van der Waals surface area contributed by atoms with Crippen LogP contribution in [0, 0.1) is 0 Å². The minimum atomic E-state index is 0.693. The van der Waals surface area contributed by atoms with Gasteiger partial charge in [-0.15, -0.1) is 10.2 Å². The summed E-state index contributed by atoms with van der Waals surface area (Å²) < 4.78 is 5.13. The zero-order valence-corrected chi connectivity index (χ0v) is 12.3. The smallest absolute Gasteiger partial charge is 0.239 e. The number of rotatable bonds is 3. The molecule has 4 aromatic rings. The van der Waals surface area contributed by atoms with Crippen LogP contribution in [-0.4, -0.2) is 19.6 Å². The summed E-state index contributed by atoms with van der Waals surface area (Å²) in [7, 11) is 0. The maximum absolute atomic E-state index is 5.99. The van der Waals surface area contributed by atoms with Crippen LogP contribution >= 0.6 is 23.5 Å². The second-order valence-electron chi connectivity index (χ2n) is 4.50. The average Bonchev–Trinajstić information content (AvgIpc) is 3.08. The Bertz CT molecular complexity index is 929. The van der Waals surface area contributed by atoms with Crippen LogP contribution in [-0.2, 0) is 0 Å². The monoisotopic (exact) mass is 315 g/mol. The highest BCUT2D eigenvalue weighted by atomic mass is 35.5. The van der Waals surface area contributed by atoms with E-state index in [1.54, 1.807) is 0 Å². The van der Waals surface area contributed by atoms with Gasteiger partial charge in [0.15, 0.2) is 5.65 Å². The lowest BCUT2D eigenvalue weighted by Gasteiger charge is -2.02. The van der Waals surface area contributed by atoms with Crippen LogP contribution in [0.5, 0.6) is 0 Å². The molecular weight excluding hydrogens is 306 g/mol. The summed E-state index contributed by atoms with van der Waals surface area (Å²) in [6.07, 6.45) is 3.87. The first kappa shape index (κ1) is 12.6. The fourth-order valence-electron chi connectivity index (χ4n) is 2.17. The van der Waals surface area contributed by atoms with Crippen molar-refractivity contribution in [2.24, 2.45) is 0 Å². The van der Waals surface area contributed by atoms with E-state index in [0.29, 0.717) is 5.95 Å². The van der Waals surface area contributed by atoms with Crippen molar-refractivity contribution in [1.82, 2.24) is 19.6 Å². The maximum atomic E-state index is 5.99. The highest BCUT2D eigenvalue weighted by molar-refractivity contribution is 8.00. The van der Waals surface area contributed by atoms with Crippen molar-refractivity contribution in [2.45, 2.75) is 4.90 Å². The second-order valence-corrected chi connectivity index (χ2v) is 5.78. The lowest BCUT2D eigenvalue weighted by Crippen LogP contribution is -1.93. The number of hydrogen-bond acceptors (Lipinski definition) is 4. The lowest BCUT2D eigenvalue weighted by atomic mass is 10.2.